The molecule has 0 aromatic carbocycles. The van der Waals surface area contributed by atoms with Gasteiger partial charge < -0.3 is 5.73 Å². The van der Waals surface area contributed by atoms with Gasteiger partial charge in [-0.05, 0) is 6.42 Å². The first-order valence-electron chi connectivity index (χ1n) is 5.33. The molecule has 6 nitrogen and oxygen atoms in total. The van der Waals surface area contributed by atoms with Crippen molar-refractivity contribution in [3.8, 4) is 0 Å². The van der Waals surface area contributed by atoms with Gasteiger partial charge >= 0.3 is 0 Å². The van der Waals surface area contributed by atoms with E-state index in [0.717, 1.165) is 6.42 Å². The molecule has 0 atom stereocenters. The van der Waals surface area contributed by atoms with Crippen LogP contribution in [0.5, 0.6) is 0 Å². The molecule has 0 radical (unpaired) electrons. The van der Waals surface area contributed by atoms with E-state index in [2.05, 4.69) is 11.7 Å². The monoisotopic (exact) mass is 258 g/mol. The van der Waals surface area contributed by atoms with Gasteiger partial charge in [0, 0.05) is 26.3 Å². The minimum atomic E-state index is -3.58. The minimum Gasteiger partial charge on any atom is -0.381 e. The van der Waals surface area contributed by atoms with Crippen molar-refractivity contribution in [2.45, 2.75) is 18.2 Å². The zero-order chi connectivity index (χ0) is 13.1. The summed E-state index contributed by atoms with van der Waals surface area (Å²) in [5.41, 5.74) is 5.59. The summed E-state index contributed by atoms with van der Waals surface area (Å²) in [5, 5.41) is 3.84. The zero-order valence-corrected chi connectivity index (χ0v) is 10.9. The number of rotatable bonds is 6. The van der Waals surface area contributed by atoms with E-state index in [9.17, 15) is 8.42 Å². The Morgan fingerprint density at radius 1 is 1.65 bits per heavy atom. The number of nitrogen functional groups attached to an aromatic ring is 1. The number of anilines is 1. The number of nitrogens with two attached hydrogens (primary N) is 1. The summed E-state index contributed by atoms with van der Waals surface area (Å²) in [4.78, 5) is 0.0512. The van der Waals surface area contributed by atoms with Gasteiger partial charge in [0.1, 0.15) is 4.90 Å². The Bertz CT molecular complexity index is 492. The summed E-state index contributed by atoms with van der Waals surface area (Å²) < 4.78 is 27.3. The van der Waals surface area contributed by atoms with Crippen molar-refractivity contribution in [3.63, 3.8) is 0 Å². The van der Waals surface area contributed by atoms with Gasteiger partial charge in [-0.1, -0.05) is 13.0 Å². The maximum atomic E-state index is 12.3. The van der Waals surface area contributed by atoms with Crippen LogP contribution in [0, 0.1) is 0 Å². The molecule has 0 aliphatic carbocycles. The Balaban J connectivity index is 3.15. The van der Waals surface area contributed by atoms with Crippen molar-refractivity contribution in [3.05, 3.63) is 18.9 Å². The van der Waals surface area contributed by atoms with Crippen molar-refractivity contribution in [1.82, 2.24) is 14.1 Å². The van der Waals surface area contributed by atoms with Gasteiger partial charge in [0.25, 0.3) is 0 Å². The molecule has 1 heterocycles. The summed E-state index contributed by atoms with van der Waals surface area (Å²) in [6, 6.07) is 0. The van der Waals surface area contributed by atoms with Crippen LogP contribution in [0.4, 0.5) is 5.82 Å². The van der Waals surface area contributed by atoms with Crippen LogP contribution in [-0.2, 0) is 17.1 Å². The second kappa shape index (κ2) is 5.33. The van der Waals surface area contributed by atoms with E-state index in [0.29, 0.717) is 6.54 Å². The average molecular weight is 258 g/mol. The van der Waals surface area contributed by atoms with Crippen LogP contribution >= 0.6 is 0 Å². The maximum Gasteiger partial charge on any atom is 0.248 e. The van der Waals surface area contributed by atoms with E-state index >= 15 is 0 Å². The molecule has 0 spiro atoms. The Labute approximate surface area is 102 Å². The molecule has 0 amide bonds. The van der Waals surface area contributed by atoms with Crippen LogP contribution in [0.15, 0.2) is 23.7 Å². The van der Waals surface area contributed by atoms with Crippen LogP contribution in [0.1, 0.15) is 13.3 Å². The summed E-state index contributed by atoms with van der Waals surface area (Å²) in [6.45, 7) is 6.18. The molecular formula is C10H18N4O2S. The van der Waals surface area contributed by atoms with E-state index in [4.69, 9.17) is 5.73 Å². The molecule has 0 aliphatic rings. The third-order valence-electron chi connectivity index (χ3n) is 2.25. The molecule has 0 fully saturated rings. The van der Waals surface area contributed by atoms with Gasteiger partial charge in [0.2, 0.25) is 10.0 Å². The second-order valence-corrected chi connectivity index (χ2v) is 5.61. The molecule has 0 aliphatic heterocycles. The van der Waals surface area contributed by atoms with Crippen LogP contribution in [0.25, 0.3) is 0 Å². The first-order chi connectivity index (χ1) is 7.93. The van der Waals surface area contributed by atoms with Gasteiger partial charge in [-0.2, -0.15) is 9.40 Å². The third kappa shape index (κ3) is 2.86. The molecule has 1 aromatic rings. The Morgan fingerprint density at radius 2 is 2.29 bits per heavy atom. The molecule has 2 N–H and O–H groups in total. The van der Waals surface area contributed by atoms with Crippen molar-refractivity contribution in [2.24, 2.45) is 7.05 Å². The highest BCUT2D eigenvalue weighted by atomic mass is 32.2. The molecule has 96 valence electrons. The molecule has 17 heavy (non-hydrogen) atoms. The van der Waals surface area contributed by atoms with Crippen molar-refractivity contribution < 1.29 is 8.42 Å². The minimum absolute atomic E-state index is 0.0256. The van der Waals surface area contributed by atoms with Crippen LogP contribution in [0.2, 0.25) is 0 Å². The standard InChI is InChI=1S/C10H18N4O2S/c1-4-6-14(7-5-2)17(15,16)9-8-13(3)12-10(9)11/h4,8H,1,5-7H2,2-3H3,(H2,11,12). The SMILES string of the molecule is C=CCN(CCC)S(=O)(=O)c1cn(C)nc1N. The first kappa shape index (κ1) is 13.7. The van der Waals surface area contributed by atoms with Crippen molar-refractivity contribution >= 4 is 15.8 Å². The molecule has 7 heteroatoms. The molecular weight excluding hydrogens is 240 g/mol. The second-order valence-electron chi connectivity index (χ2n) is 3.70. The first-order valence-corrected chi connectivity index (χ1v) is 6.77. The average Bonchev–Trinajstić information content (AvgIpc) is 2.58. The van der Waals surface area contributed by atoms with E-state index in [1.807, 2.05) is 6.92 Å². The van der Waals surface area contributed by atoms with Gasteiger partial charge in [-0.15, -0.1) is 6.58 Å². The number of sulfonamides is 1. The lowest BCUT2D eigenvalue weighted by atomic mass is 10.5. The van der Waals surface area contributed by atoms with Crippen LogP contribution in [0.3, 0.4) is 0 Å². The topological polar surface area (TPSA) is 81.2 Å². The highest BCUT2D eigenvalue weighted by Gasteiger charge is 2.27. The van der Waals surface area contributed by atoms with Gasteiger partial charge in [-0.25, -0.2) is 8.42 Å². The fourth-order valence-corrected chi connectivity index (χ4v) is 3.12. The Hall–Kier alpha value is -1.34. The summed E-state index contributed by atoms with van der Waals surface area (Å²) in [5.74, 6) is 0.0256. The fraction of sp³-hybridized carbons (Fsp3) is 0.500. The zero-order valence-electron chi connectivity index (χ0n) is 10.1. The molecule has 0 bridgehead atoms. The largest absolute Gasteiger partial charge is 0.381 e. The highest BCUT2D eigenvalue weighted by Crippen LogP contribution is 2.20. The van der Waals surface area contributed by atoms with Crippen LogP contribution in [-0.4, -0.2) is 35.6 Å². The Morgan fingerprint density at radius 3 is 2.71 bits per heavy atom. The highest BCUT2D eigenvalue weighted by molar-refractivity contribution is 7.89. The van der Waals surface area contributed by atoms with E-state index in [1.54, 1.807) is 13.1 Å². The third-order valence-corrected chi connectivity index (χ3v) is 4.13. The molecule has 1 aromatic heterocycles. The van der Waals surface area contributed by atoms with Crippen molar-refractivity contribution in [2.75, 3.05) is 18.8 Å². The smallest absolute Gasteiger partial charge is 0.248 e. The Kier molecular flexibility index (Phi) is 4.30. The summed E-state index contributed by atoms with van der Waals surface area (Å²) >= 11 is 0. The number of nitrogens with zero attached hydrogens (tertiary/aromatic N) is 3. The molecule has 0 unspecified atom stereocenters. The van der Waals surface area contributed by atoms with E-state index in [-0.39, 0.29) is 17.3 Å². The quantitative estimate of drug-likeness (QED) is 0.757. The van der Waals surface area contributed by atoms with Gasteiger partial charge in [-0.3, -0.25) is 4.68 Å². The summed E-state index contributed by atoms with van der Waals surface area (Å²) in [6.07, 6.45) is 3.70. The van der Waals surface area contributed by atoms with E-state index in [1.165, 1.54) is 15.2 Å². The van der Waals surface area contributed by atoms with Crippen molar-refractivity contribution in [1.29, 1.82) is 0 Å². The lowest BCUT2D eigenvalue weighted by Crippen LogP contribution is -2.32. The predicted octanol–water partition coefficient (Wildman–Crippen LogP) is 0.589. The lowest BCUT2D eigenvalue weighted by Gasteiger charge is -2.19. The van der Waals surface area contributed by atoms with Gasteiger partial charge in [0.05, 0.1) is 0 Å². The molecule has 1 rings (SSSR count). The van der Waals surface area contributed by atoms with Gasteiger partial charge in [0.15, 0.2) is 5.82 Å². The molecule has 0 saturated carbocycles. The number of aromatic nitrogens is 2. The van der Waals surface area contributed by atoms with E-state index < -0.39 is 10.0 Å². The number of hydrogen-bond acceptors (Lipinski definition) is 4. The summed E-state index contributed by atoms with van der Waals surface area (Å²) in [7, 11) is -1.95. The molecule has 0 saturated heterocycles. The van der Waals surface area contributed by atoms with Crippen LogP contribution < -0.4 is 5.73 Å². The normalized spacial score (nSPS) is 11.9. The number of aryl methyl sites for hydroxylation is 1. The fourth-order valence-electron chi connectivity index (χ4n) is 1.52. The maximum absolute atomic E-state index is 12.3. The predicted molar refractivity (Wildman–Crippen MR) is 66.9 cm³/mol. The number of hydrogen-bond donors (Lipinski definition) is 1. The lowest BCUT2D eigenvalue weighted by molar-refractivity contribution is 0.441.